The molecule has 6 rings (SSSR count). The van der Waals surface area contributed by atoms with Gasteiger partial charge in [0.1, 0.15) is 11.5 Å². The lowest BCUT2D eigenvalue weighted by molar-refractivity contribution is 0.0731. The maximum Gasteiger partial charge on any atom is 0.277 e. The first-order valence-corrected chi connectivity index (χ1v) is 12.8. The second kappa shape index (κ2) is 9.50. The van der Waals surface area contributed by atoms with Gasteiger partial charge in [-0.3, -0.25) is 14.7 Å². The molecule has 1 aliphatic heterocycles. The van der Waals surface area contributed by atoms with Gasteiger partial charge in [0.05, 0.1) is 43.3 Å². The highest BCUT2D eigenvalue weighted by Crippen LogP contribution is 2.29. The van der Waals surface area contributed by atoms with Crippen LogP contribution in [0.15, 0.2) is 65.5 Å². The van der Waals surface area contributed by atoms with Gasteiger partial charge in [-0.2, -0.15) is 0 Å². The minimum atomic E-state index is -0.184. The summed E-state index contributed by atoms with van der Waals surface area (Å²) in [7, 11) is 5.21. The van der Waals surface area contributed by atoms with Crippen molar-refractivity contribution in [3.63, 3.8) is 0 Å². The zero-order valence-corrected chi connectivity index (χ0v) is 22.3. The lowest BCUT2D eigenvalue weighted by Gasteiger charge is -2.27. The molecule has 198 valence electrons. The summed E-state index contributed by atoms with van der Waals surface area (Å²) in [6.45, 7) is 2.65. The molecule has 0 saturated heterocycles. The standard InChI is InChI=1S/C30H29N5O4/c1-18-23(15-27(33(18)2)20-7-11-22(39-4)12-8-20)29(36)34-14-13-25-24(17-34)30(37)35-28(31-25)16-26(32-35)19-5-9-21(38-3)10-6-19/h5-12,15-16,32H,13-14,17H2,1-4H3. The molecule has 0 fully saturated rings. The molecule has 0 unspecified atom stereocenters. The molecule has 0 bridgehead atoms. The van der Waals surface area contributed by atoms with E-state index in [1.165, 1.54) is 4.52 Å². The molecule has 0 radical (unpaired) electrons. The second-order valence-corrected chi connectivity index (χ2v) is 9.73. The fraction of sp³-hybridized carbons (Fsp3) is 0.233. The van der Waals surface area contributed by atoms with Crippen molar-refractivity contribution in [2.45, 2.75) is 19.9 Å². The maximum atomic E-state index is 13.7. The summed E-state index contributed by atoms with van der Waals surface area (Å²) in [5.41, 5.74) is 6.80. The van der Waals surface area contributed by atoms with Crippen LogP contribution in [-0.2, 0) is 20.0 Å². The Balaban J connectivity index is 1.30. The number of hydrogen-bond acceptors (Lipinski definition) is 5. The van der Waals surface area contributed by atoms with Crippen LogP contribution >= 0.6 is 0 Å². The first kappa shape index (κ1) is 24.5. The van der Waals surface area contributed by atoms with Crippen LogP contribution < -0.4 is 15.0 Å². The fourth-order valence-corrected chi connectivity index (χ4v) is 5.20. The van der Waals surface area contributed by atoms with Crippen molar-refractivity contribution in [2.75, 3.05) is 20.8 Å². The number of ether oxygens (including phenoxy) is 2. The number of nitrogens with one attached hydrogen (secondary N) is 1. The first-order chi connectivity index (χ1) is 18.9. The van der Waals surface area contributed by atoms with E-state index < -0.39 is 0 Å². The third-order valence-electron chi connectivity index (χ3n) is 7.60. The molecule has 4 heterocycles. The number of aromatic amines is 1. The molecule has 39 heavy (non-hydrogen) atoms. The molecule has 0 spiro atoms. The van der Waals surface area contributed by atoms with E-state index in [4.69, 9.17) is 14.5 Å². The Morgan fingerprint density at radius 2 is 1.59 bits per heavy atom. The number of H-pyrrole nitrogens is 1. The molecule has 9 nitrogen and oxygen atoms in total. The smallest absolute Gasteiger partial charge is 0.277 e. The van der Waals surface area contributed by atoms with Gasteiger partial charge in [0.2, 0.25) is 0 Å². The number of carbonyl (C=O) groups excluding carboxylic acids is 1. The summed E-state index contributed by atoms with van der Waals surface area (Å²) in [5.74, 6) is 1.44. The molecule has 5 aromatic rings. The van der Waals surface area contributed by atoms with E-state index in [0.29, 0.717) is 29.7 Å². The van der Waals surface area contributed by atoms with Gasteiger partial charge in [0.15, 0.2) is 5.65 Å². The summed E-state index contributed by atoms with van der Waals surface area (Å²) in [4.78, 5) is 33.7. The largest absolute Gasteiger partial charge is 0.497 e. The molecular formula is C30H29N5O4. The van der Waals surface area contributed by atoms with E-state index in [1.54, 1.807) is 19.1 Å². The maximum absolute atomic E-state index is 13.7. The van der Waals surface area contributed by atoms with E-state index in [0.717, 1.165) is 45.4 Å². The molecule has 2 aromatic carbocycles. The van der Waals surface area contributed by atoms with Gasteiger partial charge in [-0.05, 0) is 72.6 Å². The molecule has 0 saturated carbocycles. The van der Waals surface area contributed by atoms with Crippen molar-refractivity contribution in [1.29, 1.82) is 0 Å². The third-order valence-corrected chi connectivity index (χ3v) is 7.60. The Kier molecular flexibility index (Phi) is 5.98. The molecule has 1 amide bonds. The topological polar surface area (TPSA) is 93.9 Å². The van der Waals surface area contributed by atoms with Gasteiger partial charge in [-0.25, -0.2) is 9.50 Å². The van der Waals surface area contributed by atoms with Crippen molar-refractivity contribution in [1.82, 2.24) is 24.1 Å². The highest BCUT2D eigenvalue weighted by Gasteiger charge is 2.28. The Labute approximate surface area is 225 Å². The summed E-state index contributed by atoms with van der Waals surface area (Å²) < 4.78 is 14.0. The summed E-state index contributed by atoms with van der Waals surface area (Å²) in [6.07, 6.45) is 0.521. The number of nitrogens with zero attached hydrogens (tertiary/aromatic N) is 4. The quantitative estimate of drug-likeness (QED) is 0.372. The Bertz CT molecular complexity index is 1760. The summed E-state index contributed by atoms with van der Waals surface area (Å²) >= 11 is 0. The number of amides is 1. The molecule has 9 heteroatoms. The predicted octanol–water partition coefficient (Wildman–Crippen LogP) is 4.22. The van der Waals surface area contributed by atoms with E-state index in [1.807, 2.05) is 79.2 Å². The van der Waals surface area contributed by atoms with Crippen LogP contribution in [0.5, 0.6) is 11.5 Å². The average Bonchev–Trinajstić information content (AvgIpc) is 3.54. The monoisotopic (exact) mass is 523 g/mol. The van der Waals surface area contributed by atoms with Crippen LogP contribution in [0.4, 0.5) is 0 Å². The van der Waals surface area contributed by atoms with Crippen LogP contribution in [-0.4, -0.2) is 50.7 Å². The lowest BCUT2D eigenvalue weighted by atomic mass is 10.1. The summed E-state index contributed by atoms with van der Waals surface area (Å²) in [6, 6.07) is 19.2. The molecule has 1 aliphatic rings. The van der Waals surface area contributed by atoms with E-state index in [-0.39, 0.29) is 18.0 Å². The van der Waals surface area contributed by atoms with Crippen LogP contribution in [0, 0.1) is 6.92 Å². The fourth-order valence-electron chi connectivity index (χ4n) is 5.20. The number of rotatable bonds is 5. The zero-order chi connectivity index (χ0) is 27.3. The normalized spacial score (nSPS) is 13.0. The Morgan fingerprint density at radius 1 is 0.949 bits per heavy atom. The number of benzene rings is 2. The van der Waals surface area contributed by atoms with Crippen LogP contribution in [0.25, 0.3) is 28.2 Å². The van der Waals surface area contributed by atoms with Gasteiger partial charge in [0.25, 0.3) is 11.5 Å². The predicted molar refractivity (Wildman–Crippen MR) is 148 cm³/mol. The van der Waals surface area contributed by atoms with Crippen molar-refractivity contribution < 1.29 is 14.3 Å². The number of fused-ring (bicyclic) bond motifs is 2. The minimum absolute atomic E-state index is 0.0941. The number of methoxy groups -OCH3 is 2. The molecular weight excluding hydrogens is 494 g/mol. The molecule has 3 aromatic heterocycles. The van der Waals surface area contributed by atoms with Gasteiger partial charge in [-0.15, -0.1) is 0 Å². The van der Waals surface area contributed by atoms with Gasteiger partial charge >= 0.3 is 0 Å². The lowest BCUT2D eigenvalue weighted by Crippen LogP contribution is -2.40. The molecule has 0 aliphatic carbocycles. The van der Waals surface area contributed by atoms with Crippen molar-refractivity contribution in [3.05, 3.63) is 93.5 Å². The second-order valence-electron chi connectivity index (χ2n) is 9.73. The van der Waals surface area contributed by atoms with E-state index in [2.05, 4.69) is 5.10 Å². The average molecular weight is 524 g/mol. The highest BCUT2D eigenvalue weighted by atomic mass is 16.5. The van der Waals surface area contributed by atoms with Crippen molar-refractivity contribution in [3.8, 4) is 34.0 Å². The van der Waals surface area contributed by atoms with E-state index in [9.17, 15) is 9.59 Å². The van der Waals surface area contributed by atoms with E-state index >= 15 is 0 Å². The van der Waals surface area contributed by atoms with Crippen LogP contribution in [0.1, 0.15) is 27.3 Å². The van der Waals surface area contributed by atoms with Crippen molar-refractivity contribution >= 4 is 11.6 Å². The van der Waals surface area contributed by atoms with Gasteiger partial charge < -0.3 is 18.9 Å². The van der Waals surface area contributed by atoms with Gasteiger partial charge in [0, 0.05) is 37.5 Å². The van der Waals surface area contributed by atoms with Crippen LogP contribution in [0.3, 0.4) is 0 Å². The highest BCUT2D eigenvalue weighted by molar-refractivity contribution is 5.97. The van der Waals surface area contributed by atoms with Crippen molar-refractivity contribution in [2.24, 2.45) is 7.05 Å². The number of carbonyl (C=O) groups is 1. The third kappa shape index (κ3) is 4.16. The van der Waals surface area contributed by atoms with Crippen LogP contribution in [0.2, 0.25) is 0 Å². The minimum Gasteiger partial charge on any atom is -0.497 e. The molecule has 0 atom stereocenters. The number of aromatic nitrogens is 4. The van der Waals surface area contributed by atoms with Gasteiger partial charge in [-0.1, -0.05) is 0 Å². The molecule has 1 N–H and O–H groups in total. The summed E-state index contributed by atoms with van der Waals surface area (Å²) in [5, 5.41) is 3.17. The first-order valence-electron chi connectivity index (χ1n) is 12.8. The number of hydrogen-bond donors (Lipinski definition) is 1. The SMILES string of the molecule is COc1ccc(-c2cc3nc4c(c(=O)n3[nH]2)CN(C(=O)c2cc(-c3ccc(OC)cc3)n(C)c2C)CC4)cc1. The Morgan fingerprint density at radius 3 is 2.23 bits per heavy atom. The zero-order valence-electron chi connectivity index (χ0n) is 22.3. The Hall–Kier alpha value is -4.79.